The van der Waals surface area contributed by atoms with Gasteiger partial charge in [-0.2, -0.15) is 5.10 Å². The number of rotatable bonds is 7. The van der Waals surface area contributed by atoms with Gasteiger partial charge >= 0.3 is 0 Å². The van der Waals surface area contributed by atoms with Gasteiger partial charge in [0.25, 0.3) is 5.91 Å². The van der Waals surface area contributed by atoms with Crippen LogP contribution >= 0.6 is 11.3 Å². The first-order valence-corrected chi connectivity index (χ1v) is 12.4. The minimum Gasteiger partial charge on any atom is -0.331 e. The van der Waals surface area contributed by atoms with E-state index in [0.29, 0.717) is 11.3 Å². The maximum absolute atomic E-state index is 13.2. The van der Waals surface area contributed by atoms with Gasteiger partial charge in [-0.15, -0.1) is 11.3 Å². The van der Waals surface area contributed by atoms with E-state index in [1.54, 1.807) is 23.4 Å². The zero-order chi connectivity index (χ0) is 25.1. The highest BCUT2D eigenvalue weighted by atomic mass is 32.1. The number of amides is 1. The van der Waals surface area contributed by atoms with Crippen molar-refractivity contribution in [2.45, 2.75) is 26.7 Å². The smallest absolute Gasteiger partial charge is 0.255 e. The predicted molar refractivity (Wildman–Crippen MR) is 143 cm³/mol. The minimum atomic E-state index is -0.196. The SMILES string of the molecule is Cc1ccc(C(=O)Nc2cc(C(C)C)cc(-n3cncn3)c2)cc1Nc1nc(-c2cccnc2)cs1. The second-order valence-electron chi connectivity index (χ2n) is 8.70. The molecule has 2 aromatic carbocycles. The summed E-state index contributed by atoms with van der Waals surface area (Å²) < 4.78 is 1.68. The van der Waals surface area contributed by atoms with Gasteiger partial charge in [0.15, 0.2) is 5.13 Å². The Kier molecular flexibility index (Phi) is 6.55. The van der Waals surface area contributed by atoms with Gasteiger partial charge in [-0.25, -0.2) is 14.6 Å². The number of aromatic nitrogens is 5. The van der Waals surface area contributed by atoms with Crippen LogP contribution in [0.4, 0.5) is 16.5 Å². The maximum Gasteiger partial charge on any atom is 0.255 e. The summed E-state index contributed by atoms with van der Waals surface area (Å²) in [6, 6.07) is 15.4. The van der Waals surface area contributed by atoms with Crippen molar-refractivity contribution < 1.29 is 4.79 Å². The van der Waals surface area contributed by atoms with E-state index in [9.17, 15) is 4.79 Å². The summed E-state index contributed by atoms with van der Waals surface area (Å²) in [4.78, 5) is 26.1. The van der Waals surface area contributed by atoms with Crippen molar-refractivity contribution in [3.8, 4) is 16.9 Å². The maximum atomic E-state index is 13.2. The highest BCUT2D eigenvalue weighted by molar-refractivity contribution is 7.14. The molecule has 0 spiro atoms. The van der Waals surface area contributed by atoms with Crippen molar-refractivity contribution in [2.75, 3.05) is 10.6 Å². The average Bonchev–Trinajstić information content (AvgIpc) is 3.58. The molecule has 8 nitrogen and oxygen atoms in total. The third kappa shape index (κ3) is 5.16. The van der Waals surface area contributed by atoms with Crippen LogP contribution in [0.1, 0.15) is 41.3 Å². The molecule has 36 heavy (non-hydrogen) atoms. The number of anilines is 3. The summed E-state index contributed by atoms with van der Waals surface area (Å²) in [7, 11) is 0. The van der Waals surface area contributed by atoms with Gasteiger partial charge in [0.1, 0.15) is 12.7 Å². The number of nitrogens with zero attached hydrogens (tertiary/aromatic N) is 5. The van der Waals surface area contributed by atoms with Crippen molar-refractivity contribution in [2.24, 2.45) is 0 Å². The lowest BCUT2D eigenvalue weighted by atomic mass is 10.0. The molecule has 0 saturated carbocycles. The van der Waals surface area contributed by atoms with E-state index < -0.39 is 0 Å². The van der Waals surface area contributed by atoms with E-state index >= 15 is 0 Å². The van der Waals surface area contributed by atoms with Crippen LogP contribution in [0.2, 0.25) is 0 Å². The second-order valence-corrected chi connectivity index (χ2v) is 9.55. The van der Waals surface area contributed by atoms with Crippen LogP contribution in [-0.2, 0) is 0 Å². The van der Waals surface area contributed by atoms with Crippen molar-refractivity contribution >= 4 is 33.8 Å². The fourth-order valence-corrected chi connectivity index (χ4v) is 4.44. The molecule has 0 atom stereocenters. The Morgan fingerprint density at radius 1 is 1.08 bits per heavy atom. The summed E-state index contributed by atoms with van der Waals surface area (Å²) in [5.74, 6) is 0.0906. The standard InChI is InChI=1S/C27H25N7OS/c1-17(2)21-9-22(12-23(10-21)34-16-29-15-30-34)31-26(35)19-7-6-18(3)24(11-19)32-27-33-25(14-36-27)20-5-4-8-28-13-20/h4-17H,1-3H3,(H,31,35)(H,32,33). The highest BCUT2D eigenvalue weighted by Crippen LogP contribution is 2.29. The first kappa shape index (κ1) is 23.4. The first-order chi connectivity index (χ1) is 17.5. The van der Waals surface area contributed by atoms with Gasteiger partial charge < -0.3 is 10.6 Å². The molecule has 0 aliphatic heterocycles. The molecule has 5 aromatic rings. The van der Waals surface area contributed by atoms with E-state index in [1.165, 1.54) is 17.7 Å². The Morgan fingerprint density at radius 3 is 2.72 bits per heavy atom. The summed E-state index contributed by atoms with van der Waals surface area (Å²) in [5, 5.41) is 13.4. The Labute approximate surface area is 213 Å². The Bertz CT molecular complexity index is 1490. The lowest BCUT2D eigenvalue weighted by Crippen LogP contribution is -2.13. The number of thiazole rings is 1. The molecule has 0 radical (unpaired) electrons. The number of carbonyl (C=O) groups excluding carboxylic acids is 1. The Balaban J connectivity index is 1.37. The molecule has 3 heterocycles. The minimum absolute atomic E-state index is 0.196. The molecule has 0 unspecified atom stereocenters. The van der Waals surface area contributed by atoms with Crippen LogP contribution in [0.5, 0.6) is 0 Å². The van der Waals surface area contributed by atoms with Crippen molar-refractivity contribution in [1.82, 2.24) is 24.7 Å². The average molecular weight is 496 g/mol. The van der Waals surface area contributed by atoms with Gasteiger partial charge in [-0.1, -0.05) is 19.9 Å². The van der Waals surface area contributed by atoms with E-state index in [4.69, 9.17) is 0 Å². The van der Waals surface area contributed by atoms with Gasteiger partial charge in [0, 0.05) is 40.3 Å². The number of aryl methyl sites for hydroxylation is 1. The normalized spacial score (nSPS) is 11.0. The molecule has 0 fully saturated rings. The van der Waals surface area contributed by atoms with Crippen LogP contribution in [0, 0.1) is 6.92 Å². The molecule has 9 heteroatoms. The predicted octanol–water partition coefficient (Wildman–Crippen LogP) is 6.21. The third-order valence-corrected chi connectivity index (χ3v) is 6.51. The summed E-state index contributed by atoms with van der Waals surface area (Å²) in [5.41, 5.74) is 6.84. The van der Waals surface area contributed by atoms with Crippen LogP contribution in [-0.4, -0.2) is 30.6 Å². The lowest BCUT2D eigenvalue weighted by Gasteiger charge is -2.14. The third-order valence-electron chi connectivity index (χ3n) is 5.75. The molecule has 3 aromatic heterocycles. The second kappa shape index (κ2) is 10.1. The summed E-state index contributed by atoms with van der Waals surface area (Å²) in [6.45, 7) is 6.22. The fraction of sp³-hybridized carbons (Fsp3) is 0.148. The largest absolute Gasteiger partial charge is 0.331 e. The van der Waals surface area contributed by atoms with Crippen LogP contribution in [0.3, 0.4) is 0 Å². The molecule has 0 saturated heterocycles. The lowest BCUT2D eigenvalue weighted by molar-refractivity contribution is 0.102. The molecule has 2 N–H and O–H groups in total. The molecule has 1 amide bonds. The van der Waals surface area contributed by atoms with Gasteiger partial charge in [-0.3, -0.25) is 9.78 Å². The molecule has 0 aliphatic carbocycles. The molecule has 0 aliphatic rings. The van der Waals surface area contributed by atoms with Crippen molar-refractivity contribution in [3.05, 3.63) is 95.6 Å². The number of nitrogens with one attached hydrogen (secondary N) is 2. The number of benzene rings is 2. The molecule has 180 valence electrons. The molecular weight excluding hydrogens is 470 g/mol. The number of pyridine rings is 1. The number of carbonyl (C=O) groups is 1. The number of hydrogen-bond acceptors (Lipinski definition) is 7. The molecule has 0 bridgehead atoms. The molecular formula is C27H25N7OS. The quantitative estimate of drug-likeness (QED) is 0.278. The van der Waals surface area contributed by atoms with Gasteiger partial charge in [-0.05, 0) is 66.4 Å². The van der Waals surface area contributed by atoms with Crippen LogP contribution < -0.4 is 10.6 Å². The van der Waals surface area contributed by atoms with E-state index in [0.717, 1.165) is 38.9 Å². The van der Waals surface area contributed by atoms with Crippen molar-refractivity contribution in [1.29, 1.82) is 0 Å². The van der Waals surface area contributed by atoms with E-state index in [1.807, 2.05) is 54.8 Å². The van der Waals surface area contributed by atoms with Crippen LogP contribution in [0.25, 0.3) is 16.9 Å². The number of hydrogen-bond donors (Lipinski definition) is 2. The topological polar surface area (TPSA) is 97.6 Å². The van der Waals surface area contributed by atoms with E-state index in [-0.39, 0.29) is 11.8 Å². The zero-order valence-corrected chi connectivity index (χ0v) is 21.0. The van der Waals surface area contributed by atoms with E-state index in [2.05, 4.69) is 50.6 Å². The summed E-state index contributed by atoms with van der Waals surface area (Å²) >= 11 is 1.51. The van der Waals surface area contributed by atoms with Gasteiger partial charge in [0.05, 0.1) is 11.4 Å². The highest BCUT2D eigenvalue weighted by Gasteiger charge is 2.13. The van der Waals surface area contributed by atoms with Crippen LogP contribution in [0.15, 0.2) is 79.0 Å². The van der Waals surface area contributed by atoms with Gasteiger partial charge in [0.2, 0.25) is 0 Å². The van der Waals surface area contributed by atoms with Crippen molar-refractivity contribution in [3.63, 3.8) is 0 Å². The Hall–Kier alpha value is -4.37. The zero-order valence-electron chi connectivity index (χ0n) is 20.1. The fourth-order valence-electron chi connectivity index (χ4n) is 3.71. The molecule has 5 rings (SSSR count). The first-order valence-electron chi connectivity index (χ1n) is 11.5. The summed E-state index contributed by atoms with van der Waals surface area (Å²) in [6.07, 6.45) is 6.66. The monoisotopic (exact) mass is 495 g/mol. The Morgan fingerprint density at radius 2 is 1.97 bits per heavy atom.